The van der Waals surface area contributed by atoms with Gasteiger partial charge in [0.25, 0.3) is 5.88 Å². The topological polar surface area (TPSA) is 52.6 Å². The minimum atomic E-state index is -0.154. The zero-order chi connectivity index (χ0) is 13.7. The van der Waals surface area contributed by atoms with Gasteiger partial charge in [-0.2, -0.15) is 0 Å². The van der Waals surface area contributed by atoms with Crippen LogP contribution in [0.3, 0.4) is 0 Å². The highest BCUT2D eigenvalue weighted by atomic mass is 16.6. The van der Waals surface area contributed by atoms with Crippen molar-refractivity contribution in [3.05, 3.63) is 18.3 Å². The molecule has 1 aromatic rings. The predicted octanol–water partition coefficient (Wildman–Crippen LogP) is 1.63. The van der Waals surface area contributed by atoms with Crippen LogP contribution in [0.25, 0.3) is 0 Å². The van der Waals surface area contributed by atoms with Crippen LogP contribution in [0.4, 0.5) is 0 Å². The molecule has 0 amide bonds. The van der Waals surface area contributed by atoms with E-state index in [1.807, 2.05) is 19.1 Å². The largest absolute Gasteiger partial charge is 0.488 e. The van der Waals surface area contributed by atoms with Crippen LogP contribution in [-0.4, -0.2) is 43.0 Å². The van der Waals surface area contributed by atoms with Crippen molar-refractivity contribution in [1.29, 1.82) is 0 Å². The van der Waals surface area contributed by atoms with Crippen molar-refractivity contribution in [1.82, 2.24) is 10.3 Å². The molecule has 1 atom stereocenters. The highest BCUT2D eigenvalue weighted by Gasteiger charge is 2.28. The van der Waals surface area contributed by atoms with Crippen LogP contribution in [0.15, 0.2) is 18.3 Å². The number of nitrogens with zero attached hydrogens (tertiary/aromatic N) is 1. The summed E-state index contributed by atoms with van der Waals surface area (Å²) in [6, 6.07) is 3.69. The summed E-state index contributed by atoms with van der Waals surface area (Å²) >= 11 is 0. The molecule has 0 saturated carbocycles. The first-order valence-corrected chi connectivity index (χ1v) is 6.70. The van der Waals surface area contributed by atoms with E-state index in [4.69, 9.17) is 14.2 Å². The molecular weight excluding hydrogens is 244 g/mol. The number of hydrogen-bond acceptors (Lipinski definition) is 5. The highest BCUT2D eigenvalue weighted by Crippen LogP contribution is 2.24. The average molecular weight is 266 g/mol. The van der Waals surface area contributed by atoms with Gasteiger partial charge in [-0.1, -0.05) is 0 Å². The molecule has 1 fully saturated rings. The Labute approximate surface area is 114 Å². The van der Waals surface area contributed by atoms with Gasteiger partial charge in [0.2, 0.25) is 0 Å². The summed E-state index contributed by atoms with van der Waals surface area (Å²) in [5, 5.41) is 3.34. The molecule has 2 rings (SSSR count). The molecule has 5 heteroatoms. The lowest BCUT2D eigenvalue weighted by Crippen LogP contribution is -2.52. The first-order valence-electron chi connectivity index (χ1n) is 6.70. The second-order valence-corrected chi connectivity index (χ2v) is 5.18. The molecule has 0 spiro atoms. The summed E-state index contributed by atoms with van der Waals surface area (Å²) in [6.45, 7) is 8.78. The third-order valence-electron chi connectivity index (χ3n) is 2.85. The van der Waals surface area contributed by atoms with Gasteiger partial charge in [0, 0.05) is 19.3 Å². The van der Waals surface area contributed by atoms with Gasteiger partial charge in [-0.05, 0) is 32.9 Å². The standard InChI is InChI=1S/C14H22N2O3/c1-4-17-12-6-5-7-16-13(12)18-9-11-8-15-10-14(2,3)19-11/h5-7,11,15H,4,8-10H2,1-3H3. The lowest BCUT2D eigenvalue weighted by atomic mass is 10.1. The van der Waals surface area contributed by atoms with Crippen LogP contribution in [0.5, 0.6) is 11.6 Å². The molecule has 0 aliphatic carbocycles. The second-order valence-electron chi connectivity index (χ2n) is 5.18. The molecule has 1 saturated heterocycles. The normalized spacial score (nSPS) is 21.9. The molecule has 0 aromatic carbocycles. The smallest absolute Gasteiger partial charge is 0.257 e. The Bertz CT molecular complexity index is 409. The summed E-state index contributed by atoms with van der Waals surface area (Å²) in [4.78, 5) is 4.19. The Hall–Kier alpha value is -1.33. The van der Waals surface area contributed by atoms with Gasteiger partial charge in [-0.25, -0.2) is 4.98 Å². The van der Waals surface area contributed by atoms with Gasteiger partial charge in [0.1, 0.15) is 12.7 Å². The Balaban J connectivity index is 1.91. The maximum absolute atomic E-state index is 5.94. The summed E-state index contributed by atoms with van der Waals surface area (Å²) in [7, 11) is 0. The van der Waals surface area contributed by atoms with E-state index in [-0.39, 0.29) is 11.7 Å². The van der Waals surface area contributed by atoms with E-state index < -0.39 is 0 Å². The Kier molecular flexibility index (Phi) is 4.61. The molecule has 1 aliphatic heterocycles. The van der Waals surface area contributed by atoms with E-state index in [1.165, 1.54) is 0 Å². The van der Waals surface area contributed by atoms with Crippen molar-refractivity contribution in [3.8, 4) is 11.6 Å². The zero-order valence-electron chi connectivity index (χ0n) is 11.8. The van der Waals surface area contributed by atoms with E-state index in [9.17, 15) is 0 Å². The Morgan fingerprint density at radius 1 is 1.47 bits per heavy atom. The number of nitrogens with one attached hydrogen (secondary N) is 1. The van der Waals surface area contributed by atoms with Gasteiger partial charge in [0.05, 0.1) is 12.2 Å². The SMILES string of the molecule is CCOc1cccnc1OCC1CNCC(C)(C)O1. The van der Waals surface area contributed by atoms with E-state index in [0.29, 0.717) is 24.8 Å². The lowest BCUT2D eigenvalue weighted by Gasteiger charge is -2.36. The van der Waals surface area contributed by atoms with E-state index in [0.717, 1.165) is 13.1 Å². The van der Waals surface area contributed by atoms with Crippen LogP contribution in [0.1, 0.15) is 20.8 Å². The molecule has 1 N–H and O–H groups in total. The van der Waals surface area contributed by atoms with Crippen molar-refractivity contribution >= 4 is 0 Å². The molecule has 5 nitrogen and oxygen atoms in total. The fraction of sp³-hybridized carbons (Fsp3) is 0.643. The number of hydrogen-bond donors (Lipinski definition) is 1. The van der Waals surface area contributed by atoms with Crippen LogP contribution < -0.4 is 14.8 Å². The van der Waals surface area contributed by atoms with Crippen LogP contribution >= 0.6 is 0 Å². The van der Waals surface area contributed by atoms with Gasteiger partial charge < -0.3 is 19.5 Å². The fourth-order valence-corrected chi connectivity index (χ4v) is 2.08. The van der Waals surface area contributed by atoms with E-state index >= 15 is 0 Å². The minimum absolute atomic E-state index is 0.0280. The summed E-state index contributed by atoms with van der Waals surface area (Å²) in [5.74, 6) is 1.20. The van der Waals surface area contributed by atoms with Crippen molar-refractivity contribution < 1.29 is 14.2 Å². The zero-order valence-corrected chi connectivity index (χ0v) is 11.8. The van der Waals surface area contributed by atoms with Crippen LogP contribution in [0, 0.1) is 0 Å². The lowest BCUT2D eigenvalue weighted by molar-refractivity contribution is -0.107. The van der Waals surface area contributed by atoms with Crippen LogP contribution in [0.2, 0.25) is 0 Å². The first-order chi connectivity index (χ1) is 9.11. The minimum Gasteiger partial charge on any atom is -0.488 e. The quantitative estimate of drug-likeness (QED) is 0.878. The average Bonchev–Trinajstić information content (AvgIpc) is 2.37. The fourth-order valence-electron chi connectivity index (χ4n) is 2.08. The number of ether oxygens (including phenoxy) is 3. The van der Waals surface area contributed by atoms with Gasteiger partial charge >= 0.3 is 0 Å². The number of rotatable bonds is 5. The second kappa shape index (κ2) is 6.21. The number of pyridine rings is 1. The molecule has 106 valence electrons. The number of aromatic nitrogens is 1. The van der Waals surface area contributed by atoms with Crippen molar-refractivity contribution in [2.75, 3.05) is 26.3 Å². The molecule has 0 bridgehead atoms. The molecule has 1 unspecified atom stereocenters. The predicted molar refractivity (Wildman–Crippen MR) is 72.7 cm³/mol. The third kappa shape index (κ3) is 4.08. The molecular formula is C14H22N2O3. The monoisotopic (exact) mass is 266 g/mol. The van der Waals surface area contributed by atoms with Crippen LogP contribution in [-0.2, 0) is 4.74 Å². The molecule has 1 aromatic heterocycles. The molecule has 2 heterocycles. The number of morpholine rings is 1. The van der Waals surface area contributed by atoms with E-state index in [2.05, 4.69) is 24.1 Å². The molecule has 0 radical (unpaired) electrons. The van der Waals surface area contributed by atoms with Gasteiger partial charge in [0.15, 0.2) is 5.75 Å². The highest BCUT2D eigenvalue weighted by molar-refractivity contribution is 5.32. The van der Waals surface area contributed by atoms with Crippen molar-refractivity contribution in [2.45, 2.75) is 32.5 Å². The van der Waals surface area contributed by atoms with Gasteiger partial charge in [-0.3, -0.25) is 0 Å². The first kappa shape index (κ1) is 14.1. The maximum Gasteiger partial charge on any atom is 0.257 e. The molecule has 1 aliphatic rings. The van der Waals surface area contributed by atoms with Crippen molar-refractivity contribution in [2.24, 2.45) is 0 Å². The van der Waals surface area contributed by atoms with E-state index in [1.54, 1.807) is 6.20 Å². The summed E-state index contributed by atoms with van der Waals surface area (Å²) in [5.41, 5.74) is -0.154. The Morgan fingerprint density at radius 3 is 3.05 bits per heavy atom. The maximum atomic E-state index is 5.94. The molecule has 19 heavy (non-hydrogen) atoms. The summed E-state index contributed by atoms with van der Waals surface area (Å²) in [6.07, 6.45) is 1.72. The third-order valence-corrected chi connectivity index (χ3v) is 2.85. The van der Waals surface area contributed by atoms with Crippen molar-refractivity contribution in [3.63, 3.8) is 0 Å². The summed E-state index contributed by atoms with van der Waals surface area (Å²) < 4.78 is 17.1. The van der Waals surface area contributed by atoms with Gasteiger partial charge in [-0.15, -0.1) is 0 Å². The Morgan fingerprint density at radius 2 is 2.32 bits per heavy atom.